The van der Waals surface area contributed by atoms with Gasteiger partial charge in [-0.2, -0.15) is 5.26 Å². The van der Waals surface area contributed by atoms with Crippen LogP contribution in [0.3, 0.4) is 0 Å². The van der Waals surface area contributed by atoms with Crippen molar-refractivity contribution in [2.75, 3.05) is 24.3 Å². The number of carbonyl (C=O) groups is 2. The van der Waals surface area contributed by atoms with Crippen molar-refractivity contribution in [2.45, 2.75) is 13.3 Å². The van der Waals surface area contributed by atoms with Crippen molar-refractivity contribution in [1.82, 2.24) is 4.98 Å². The molecule has 0 radical (unpaired) electrons. The fourth-order valence-corrected chi connectivity index (χ4v) is 2.94. The molecule has 1 atom stereocenters. The zero-order chi connectivity index (χ0) is 15.4. The summed E-state index contributed by atoms with van der Waals surface area (Å²) in [7, 11) is 1.47. The van der Waals surface area contributed by atoms with Crippen LogP contribution in [0.25, 0.3) is 0 Å². The van der Waals surface area contributed by atoms with E-state index in [-0.39, 0.29) is 22.5 Å². The first-order valence-electron chi connectivity index (χ1n) is 6.43. The van der Waals surface area contributed by atoms with E-state index in [2.05, 4.69) is 4.98 Å². The van der Waals surface area contributed by atoms with Crippen LogP contribution in [0.15, 0.2) is 12.3 Å². The van der Waals surface area contributed by atoms with Crippen LogP contribution in [-0.2, 0) is 9.59 Å². The van der Waals surface area contributed by atoms with Gasteiger partial charge >= 0.3 is 0 Å². The number of pyridine rings is 1. The van der Waals surface area contributed by atoms with E-state index in [1.807, 2.05) is 6.07 Å². The fraction of sp³-hybridized carbons (Fsp3) is 0.429. The number of amides is 1. The Kier molecular flexibility index (Phi) is 4.81. The molecule has 2 rings (SSSR count). The number of aromatic nitrogens is 1. The van der Waals surface area contributed by atoms with E-state index in [0.29, 0.717) is 30.3 Å². The van der Waals surface area contributed by atoms with Gasteiger partial charge in [-0.3, -0.25) is 14.5 Å². The summed E-state index contributed by atoms with van der Waals surface area (Å²) in [6.45, 7) is 1.98. The molecule has 1 saturated heterocycles. The number of thioether (sulfide) groups is 1. The summed E-state index contributed by atoms with van der Waals surface area (Å²) < 4.78 is 5.13. The predicted octanol–water partition coefficient (Wildman–Crippen LogP) is 1.59. The van der Waals surface area contributed by atoms with Gasteiger partial charge in [0.1, 0.15) is 17.4 Å². The van der Waals surface area contributed by atoms with Crippen molar-refractivity contribution in [1.29, 1.82) is 5.26 Å². The van der Waals surface area contributed by atoms with Crippen molar-refractivity contribution in [3.05, 3.63) is 17.8 Å². The molecular formula is C14H15N3O3S. The minimum Gasteiger partial charge on any atom is -0.495 e. The average Bonchev–Trinajstić information content (AvgIpc) is 2.85. The van der Waals surface area contributed by atoms with Crippen LogP contribution < -0.4 is 9.64 Å². The standard InChI is InChI=1S/C14H15N3O3S/c1-9(18)21-8-10-5-13(19)17(7-10)14-11(6-15)12(20-2)3-4-16-14/h3-4,10H,5,7-8H2,1-2H3. The first kappa shape index (κ1) is 15.3. The van der Waals surface area contributed by atoms with Crippen LogP contribution in [0.5, 0.6) is 5.75 Å². The Morgan fingerprint density at radius 2 is 2.43 bits per heavy atom. The highest BCUT2D eigenvalue weighted by Crippen LogP contribution is 2.31. The van der Waals surface area contributed by atoms with Crippen LogP contribution >= 0.6 is 11.8 Å². The van der Waals surface area contributed by atoms with Crippen LogP contribution in [0.1, 0.15) is 18.9 Å². The van der Waals surface area contributed by atoms with E-state index in [4.69, 9.17) is 4.74 Å². The number of hydrogen-bond acceptors (Lipinski definition) is 6. The first-order chi connectivity index (χ1) is 10.1. The molecule has 0 spiro atoms. The molecule has 0 aliphatic carbocycles. The summed E-state index contributed by atoms with van der Waals surface area (Å²) in [6.07, 6.45) is 1.88. The van der Waals surface area contributed by atoms with E-state index in [1.165, 1.54) is 36.9 Å². The van der Waals surface area contributed by atoms with E-state index < -0.39 is 0 Å². The van der Waals surface area contributed by atoms with Gasteiger partial charge in [-0.1, -0.05) is 11.8 Å². The van der Waals surface area contributed by atoms with E-state index in [1.54, 1.807) is 6.07 Å². The lowest BCUT2D eigenvalue weighted by Crippen LogP contribution is -2.26. The third-order valence-electron chi connectivity index (χ3n) is 3.21. The zero-order valence-corrected chi connectivity index (χ0v) is 12.6. The molecule has 0 N–H and O–H groups in total. The molecule has 6 nitrogen and oxygen atoms in total. The van der Waals surface area contributed by atoms with Gasteiger partial charge in [0.05, 0.1) is 7.11 Å². The Morgan fingerprint density at radius 3 is 3.05 bits per heavy atom. The Morgan fingerprint density at radius 1 is 1.67 bits per heavy atom. The molecule has 0 bridgehead atoms. The number of nitriles is 1. The van der Waals surface area contributed by atoms with E-state index in [9.17, 15) is 14.9 Å². The summed E-state index contributed by atoms with van der Waals surface area (Å²) in [5.74, 6) is 1.34. The molecule has 1 fully saturated rings. The molecule has 1 aliphatic rings. The normalized spacial score (nSPS) is 17.7. The highest BCUT2D eigenvalue weighted by atomic mass is 32.2. The zero-order valence-electron chi connectivity index (χ0n) is 11.8. The van der Waals surface area contributed by atoms with Gasteiger partial charge in [-0.15, -0.1) is 0 Å². The summed E-state index contributed by atoms with van der Waals surface area (Å²) in [6, 6.07) is 3.63. The van der Waals surface area contributed by atoms with Crippen molar-refractivity contribution in [3.63, 3.8) is 0 Å². The Bertz CT molecular complexity index is 612. The topological polar surface area (TPSA) is 83.3 Å². The molecule has 2 heterocycles. The molecule has 21 heavy (non-hydrogen) atoms. The maximum absolute atomic E-state index is 12.1. The van der Waals surface area contributed by atoms with Gasteiger partial charge in [0.2, 0.25) is 5.91 Å². The number of anilines is 1. The smallest absolute Gasteiger partial charge is 0.228 e. The third-order valence-corrected chi connectivity index (χ3v) is 4.25. The first-order valence-corrected chi connectivity index (χ1v) is 7.42. The third kappa shape index (κ3) is 3.34. The minimum absolute atomic E-state index is 0.0399. The van der Waals surface area contributed by atoms with Crippen LogP contribution in [-0.4, -0.2) is 35.4 Å². The fourth-order valence-electron chi connectivity index (χ4n) is 2.25. The summed E-state index contributed by atoms with van der Waals surface area (Å²) in [5.41, 5.74) is 0.258. The average molecular weight is 305 g/mol. The second kappa shape index (κ2) is 6.59. The number of ether oxygens (including phenoxy) is 1. The van der Waals surface area contributed by atoms with Crippen molar-refractivity contribution in [3.8, 4) is 11.8 Å². The maximum Gasteiger partial charge on any atom is 0.228 e. The molecule has 1 aromatic rings. The quantitative estimate of drug-likeness (QED) is 0.840. The van der Waals surface area contributed by atoms with E-state index in [0.717, 1.165) is 0 Å². The number of rotatable bonds is 4. The van der Waals surface area contributed by atoms with Crippen molar-refractivity contribution >= 4 is 28.6 Å². The van der Waals surface area contributed by atoms with Crippen LogP contribution in [0.2, 0.25) is 0 Å². The Balaban J connectivity index is 2.21. The Hall–Kier alpha value is -2.07. The Labute approximate surface area is 127 Å². The number of carbonyl (C=O) groups excluding carboxylic acids is 2. The number of methoxy groups -OCH3 is 1. The molecule has 0 aromatic carbocycles. The van der Waals surface area contributed by atoms with Crippen LogP contribution in [0.4, 0.5) is 5.82 Å². The van der Waals surface area contributed by atoms with Gasteiger partial charge in [-0.05, 0) is 12.0 Å². The minimum atomic E-state index is -0.0820. The molecule has 7 heteroatoms. The molecular weight excluding hydrogens is 290 g/mol. The van der Waals surface area contributed by atoms with Crippen molar-refractivity contribution < 1.29 is 14.3 Å². The maximum atomic E-state index is 12.1. The second-order valence-electron chi connectivity index (χ2n) is 4.70. The summed E-state index contributed by atoms with van der Waals surface area (Å²) >= 11 is 1.22. The SMILES string of the molecule is COc1ccnc(N2CC(CSC(C)=O)CC2=O)c1C#N. The number of hydrogen-bond donors (Lipinski definition) is 0. The monoisotopic (exact) mass is 305 g/mol. The van der Waals surface area contributed by atoms with E-state index >= 15 is 0 Å². The van der Waals surface area contributed by atoms with Gasteiger partial charge in [0.15, 0.2) is 10.9 Å². The lowest BCUT2D eigenvalue weighted by molar-refractivity contribution is -0.117. The second-order valence-corrected chi connectivity index (χ2v) is 5.90. The van der Waals surface area contributed by atoms with Gasteiger partial charge in [0, 0.05) is 31.8 Å². The number of nitrogens with zero attached hydrogens (tertiary/aromatic N) is 3. The van der Waals surface area contributed by atoms with Gasteiger partial charge < -0.3 is 4.74 Å². The molecule has 110 valence electrons. The van der Waals surface area contributed by atoms with Crippen molar-refractivity contribution in [2.24, 2.45) is 5.92 Å². The lowest BCUT2D eigenvalue weighted by Gasteiger charge is -2.17. The highest BCUT2D eigenvalue weighted by molar-refractivity contribution is 8.13. The molecule has 1 unspecified atom stereocenters. The predicted molar refractivity (Wildman–Crippen MR) is 79.1 cm³/mol. The summed E-state index contributed by atoms with van der Waals surface area (Å²) in [4.78, 5) is 28.8. The molecule has 0 saturated carbocycles. The van der Waals surface area contributed by atoms with Gasteiger partial charge in [0.25, 0.3) is 0 Å². The summed E-state index contributed by atoms with van der Waals surface area (Å²) in [5, 5.41) is 9.30. The lowest BCUT2D eigenvalue weighted by atomic mass is 10.1. The largest absolute Gasteiger partial charge is 0.495 e. The highest BCUT2D eigenvalue weighted by Gasteiger charge is 2.33. The van der Waals surface area contributed by atoms with Gasteiger partial charge in [-0.25, -0.2) is 4.98 Å². The molecule has 1 aliphatic heterocycles. The molecule has 1 amide bonds. The van der Waals surface area contributed by atoms with Crippen LogP contribution in [0, 0.1) is 17.2 Å². The molecule has 1 aromatic heterocycles.